The summed E-state index contributed by atoms with van der Waals surface area (Å²) in [7, 11) is 0. The average molecular weight is 666 g/mol. The van der Waals surface area contributed by atoms with Gasteiger partial charge in [0.15, 0.2) is 0 Å². The molecule has 6 rings (SSSR count). The summed E-state index contributed by atoms with van der Waals surface area (Å²) in [6, 6.07) is 20.3. The number of nitrogens with zero attached hydrogens (tertiary/aromatic N) is 3. The van der Waals surface area contributed by atoms with E-state index in [1.54, 1.807) is 26.9 Å². The summed E-state index contributed by atoms with van der Waals surface area (Å²) >= 11 is 0. The Morgan fingerprint density at radius 2 is 1.61 bits per heavy atom. The number of anilines is 2. The van der Waals surface area contributed by atoms with Crippen LogP contribution < -0.4 is 14.5 Å². The zero-order valence-electron chi connectivity index (χ0n) is 28.6. The van der Waals surface area contributed by atoms with E-state index in [4.69, 9.17) is 9.47 Å². The Balaban J connectivity index is 1.42. The molecule has 3 saturated heterocycles. The number of carbonyl (C=O) groups is 3. The highest BCUT2D eigenvalue weighted by Crippen LogP contribution is 2.65. The maximum Gasteiger partial charge on any atom is 0.253 e. The number of carbonyl (C=O) groups excluding carboxylic acids is 3. The molecule has 5 atom stereocenters. The Hall–Kier alpha value is -4.47. The van der Waals surface area contributed by atoms with Crippen molar-refractivity contribution >= 4 is 39.9 Å². The fourth-order valence-electron chi connectivity index (χ4n) is 8.46. The van der Waals surface area contributed by atoms with Gasteiger partial charge >= 0.3 is 0 Å². The minimum absolute atomic E-state index is 0.0238. The van der Waals surface area contributed by atoms with Crippen LogP contribution in [0.1, 0.15) is 46.0 Å². The number of aliphatic hydroxyl groups excluding tert-OH is 1. The summed E-state index contributed by atoms with van der Waals surface area (Å²) < 4.78 is 12.7. The zero-order chi connectivity index (χ0) is 34.8. The van der Waals surface area contributed by atoms with Crippen LogP contribution in [0.4, 0.5) is 11.4 Å². The smallest absolute Gasteiger partial charge is 0.253 e. The normalized spacial score (nSPS) is 25.3. The van der Waals surface area contributed by atoms with Gasteiger partial charge in [-0.3, -0.25) is 14.4 Å². The molecular weight excluding hydrogens is 618 g/mol. The van der Waals surface area contributed by atoms with Crippen molar-refractivity contribution in [1.29, 1.82) is 0 Å². The van der Waals surface area contributed by atoms with E-state index in [1.807, 2.05) is 80.6 Å². The fraction of sp³-hybridized carbons (Fsp3) is 0.425. The van der Waals surface area contributed by atoms with Crippen LogP contribution >= 0.6 is 0 Å². The van der Waals surface area contributed by atoms with Gasteiger partial charge in [0.25, 0.3) is 5.91 Å². The number of hydrogen-bond donors (Lipinski definition) is 1. The van der Waals surface area contributed by atoms with Gasteiger partial charge in [0.2, 0.25) is 11.8 Å². The molecule has 1 spiro atoms. The minimum atomic E-state index is -1.18. The Labute approximate surface area is 288 Å². The number of hydrogen-bond acceptors (Lipinski definition) is 6. The molecule has 0 aromatic heterocycles. The molecule has 258 valence electrons. The van der Waals surface area contributed by atoms with E-state index in [1.165, 1.54) is 0 Å². The highest BCUT2D eigenvalue weighted by molar-refractivity contribution is 6.07. The van der Waals surface area contributed by atoms with E-state index in [9.17, 15) is 14.7 Å². The van der Waals surface area contributed by atoms with Crippen molar-refractivity contribution in [3.05, 3.63) is 92.0 Å². The number of fused-ring (bicyclic) bond motifs is 2. The van der Waals surface area contributed by atoms with Gasteiger partial charge in [-0.1, -0.05) is 49.4 Å². The van der Waals surface area contributed by atoms with Crippen LogP contribution in [0.15, 0.2) is 92.0 Å². The van der Waals surface area contributed by atoms with E-state index < -0.39 is 29.1 Å². The number of aliphatic hydroxyl groups is 1. The average Bonchev–Trinajstić information content (AvgIpc) is 3.73. The van der Waals surface area contributed by atoms with Crippen LogP contribution in [0.25, 0.3) is 10.8 Å². The van der Waals surface area contributed by atoms with Gasteiger partial charge < -0.3 is 29.3 Å². The zero-order valence-corrected chi connectivity index (χ0v) is 28.6. The van der Waals surface area contributed by atoms with Crippen LogP contribution in [0, 0.1) is 11.8 Å². The number of likely N-dealkylation sites (tertiary alicyclic amines) is 1. The Morgan fingerprint density at radius 1 is 0.939 bits per heavy atom. The molecule has 9 nitrogen and oxygen atoms in total. The molecule has 2 unspecified atom stereocenters. The predicted octanol–water partition coefficient (Wildman–Crippen LogP) is 5.90. The number of amides is 3. The van der Waals surface area contributed by atoms with Crippen LogP contribution in [-0.4, -0.2) is 77.8 Å². The third-order valence-electron chi connectivity index (χ3n) is 10.6. The first-order valence-electron chi connectivity index (χ1n) is 17.5. The summed E-state index contributed by atoms with van der Waals surface area (Å²) in [4.78, 5) is 49.7. The summed E-state index contributed by atoms with van der Waals surface area (Å²) in [6.45, 7) is 13.0. The molecule has 0 radical (unpaired) electrons. The second-order valence-corrected chi connectivity index (χ2v) is 13.2. The van der Waals surface area contributed by atoms with Crippen molar-refractivity contribution in [3.8, 4) is 5.75 Å². The van der Waals surface area contributed by atoms with Crippen LogP contribution in [0.3, 0.4) is 0 Å². The van der Waals surface area contributed by atoms with Gasteiger partial charge in [-0.15, -0.1) is 13.2 Å². The van der Waals surface area contributed by atoms with Crippen LogP contribution in [0.2, 0.25) is 0 Å². The van der Waals surface area contributed by atoms with Gasteiger partial charge in [-0.05, 0) is 86.2 Å². The number of benzene rings is 3. The lowest BCUT2D eigenvalue weighted by atomic mass is 9.64. The second kappa shape index (κ2) is 14.2. The molecule has 1 N–H and O–H groups in total. The Kier molecular flexibility index (Phi) is 9.95. The first kappa shape index (κ1) is 34.4. The van der Waals surface area contributed by atoms with Crippen LogP contribution in [-0.2, 0) is 19.1 Å². The van der Waals surface area contributed by atoms with Crippen molar-refractivity contribution < 1.29 is 29.0 Å². The maximum atomic E-state index is 15.0. The maximum absolute atomic E-state index is 15.0. The van der Waals surface area contributed by atoms with Gasteiger partial charge in [0.1, 0.15) is 17.4 Å². The summed E-state index contributed by atoms with van der Waals surface area (Å²) in [5, 5.41) is 11.7. The quantitative estimate of drug-likeness (QED) is 0.160. The number of ether oxygens (including phenoxy) is 2. The van der Waals surface area contributed by atoms with Gasteiger partial charge in [-0.25, -0.2) is 0 Å². The molecule has 9 heteroatoms. The van der Waals surface area contributed by atoms with Crippen molar-refractivity contribution in [1.82, 2.24) is 4.90 Å². The van der Waals surface area contributed by atoms with Crippen molar-refractivity contribution in [2.24, 2.45) is 11.8 Å². The topological polar surface area (TPSA) is 99.6 Å². The molecule has 3 fully saturated rings. The standard InChI is InChI=1S/C40H47N3O6/c1-5-23-41(30-17-19-32(20-18-30)48-8-4)36(45)33-34-37(46)43(25-11-12-26-44)35(40(34)22-21-39(33,7-3)49-40)38(47)42(24-6-2)31-16-15-28-13-9-10-14-29(28)27-31/h5-6,9-10,13-20,27,33-35,44H,1-2,7-8,11-12,21-26H2,3-4H3/t33-,34-,35?,39+,40?/m0/s1. The lowest BCUT2D eigenvalue weighted by Crippen LogP contribution is -2.56. The molecule has 49 heavy (non-hydrogen) atoms. The monoisotopic (exact) mass is 665 g/mol. The van der Waals surface area contributed by atoms with Crippen molar-refractivity contribution in [3.63, 3.8) is 0 Å². The largest absolute Gasteiger partial charge is 0.494 e. The fourth-order valence-corrected chi connectivity index (χ4v) is 8.46. The SMILES string of the molecule is C=CCN(C(=O)C1N(CCCCO)C(=O)[C@@H]2[C@@H](C(=O)N(CC=C)c3ccc(OCC)cc3)[C@@]3(CC)CCC12O3)c1ccc2ccccc2c1. The van der Waals surface area contributed by atoms with E-state index in [2.05, 4.69) is 13.2 Å². The highest BCUT2D eigenvalue weighted by atomic mass is 16.5. The third-order valence-corrected chi connectivity index (χ3v) is 10.6. The summed E-state index contributed by atoms with van der Waals surface area (Å²) in [6.07, 6.45) is 5.92. The molecule has 3 aliphatic rings. The molecule has 3 aromatic carbocycles. The van der Waals surface area contributed by atoms with Gasteiger partial charge in [0, 0.05) is 37.6 Å². The minimum Gasteiger partial charge on any atom is -0.494 e. The third kappa shape index (κ3) is 5.82. The Bertz CT molecular complexity index is 1720. The summed E-state index contributed by atoms with van der Waals surface area (Å²) in [5.41, 5.74) is -0.713. The van der Waals surface area contributed by atoms with E-state index in [0.29, 0.717) is 55.8 Å². The number of unbranched alkanes of at least 4 members (excludes halogenated alkanes) is 1. The Morgan fingerprint density at radius 3 is 2.27 bits per heavy atom. The first-order valence-corrected chi connectivity index (χ1v) is 17.5. The molecule has 3 aliphatic heterocycles. The van der Waals surface area contributed by atoms with Gasteiger partial charge in [0.05, 0.1) is 24.0 Å². The predicted molar refractivity (Wildman–Crippen MR) is 192 cm³/mol. The van der Waals surface area contributed by atoms with E-state index in [0.717, 1.165) is 10.8 Å². The van der Waals surface area contributed by atoms with Gasteiger partial charge in [-0.2, -0.15) is 0 Å². The molecule has 0 aliphatic carbocycles. The molecule has 2 bridgehead atoms. The molecule has 3 aromatic rings. The molecular formula is C40H47N3O6. The molecule has 0 saturated carbocycles. The van der Waals surface area contributed by atoms with Crippen LogP contribution in [0.5, 0.6) is 5.75 Å². The lowest BCUT2D eigenvalue weighted by Gasteiger charge is -2.37. The van der Waals surface area contributed by atoms with E-state index in [-0.39, 0.29) is 44.0 Å². The van der Waals surface area contributed by atoms with Crippen molar-refractivity contribution in [2.45, 2.75) is 63.2 Å². The lowest BCUT2D eigenvalue weighted by molar-refractivity contribution is -0.146. The molecule has 3 amide bonds. The second-order valence-electron chi connectivity index (χ2n) is 13.2. The van der Waals surface area contributed by atoms with Crippen molar-refractivity contribution in [2.75, 3.05) is 42.6 Å². The molecule has 3 heterocycles. The highest BCUT2D eigenvalue weighted by Gasteiger charge is 2.79. The number of rotatable bonds is 15. The van der Waals surface area contributed by atoms with E-state index >= 15 is 4.79 Å². The summed E-state index contributed by atoms with van der Waals surface area (Å²) in [5.74, 6) is -1.65. The first-order chi connectivity index (χ1) is 23.8.